The van der Waals surface area contributed by atoms with Gasteiger partial charge in [0.1, 0.15) is 0 Å². The van der Waals surface area contributed by atoms with Gasteiger partial charge in [-0.25, -0.2) is 0 Å². The van der Waals surface area contributed by atoms with Gasteiger partial charge < -0.3 is 9.84 Å². The fourth-order valence-corrected chi connectivity index (χ4v) is 2.76. The Morgan fingerprint density at radius 1 is 1.55 bits per heavy atom. The molecule has 0 aromatic heterocycles. The summed E-state index contributed by atoms with van der Waals surface area (Å²) in [5.41, 5.74) is 0.299. The highest BCUT2D eigenvalue weighted by Gasteiger charge is 2.23. The van der Waals surface area contributed by atoms with Crippen LogP contribution in [0.5, 0.6) is 5.75 Å². The zero-order valence-corrected chi connectivity index (χ0v) is 13.9. The van der Waals surface area contributed by atoms with Crippen LogP contribution in [0.2, 0.25) is 0 Å². The third-order valence-corrected chi connectivity index (χ3v) is 4.04. The normalized spacial score (nSPS) is 12.2. The summed E-state index contributed by atoms with van der Waals surface area (Å²) in [6.07, 6.45) is -0.0171. The summed E-state index contributed by atoms with van der Waals surface area (Å²) in [4.78, 5) is 10.6. The average Bonchev–Trinajstić information content (AvgIpc) is 2.38. The predicted molar refractivity (Wildman–Crippen MR) is 84.5 cm³/mol. The molecule has 1 N–H and O–H groups in total. The van der Waals surface area contributed by atoms with Crippen molar-refractivity contribution in [3.05, 3.63) is 32.3 Å². The first kappa shape index (κ1) is 17.3. The summed E-state index contributed by atoms with van der Waals surface area (Å²) in [7, 11) is 0. The van der Waals surface area contributed by atoms with Gasteiger partial charge in [-0.15, -0.1) is 0 Å². The van der Waals surface area contributed by atoms with Crippen molar-refractivity contribution in [2.75, 3.05) is 18.1 Å². The summed E-state index contributed by atoms with van der Waals surface area (Å²) in [5, 5.41) is 20.9. The number of nitro benzene ring substituents is 1. The molecular formula is C13H18BrNO4S. The van der Waals surface area contributed by atoms with E-state index in [1.807, 2.05) is 0 Å². The molecule has 0 bridgehead atoms. The average molecular weight is 364 g/mol. The fourth-order valence-electron chi connectivity index (χ4n) is 1.68. The van der Waals surface area contributed by atoms with Crippen LogP contribution in [0.1, 0.15) is 31.9 Å². The third-order valence-electron chi connectivity index (χ3n) is 2.59. The van der Waals surface area contributed by atoms with E-state index in [0.29, 0.717) is 16.6 Å². The zero-order chi connectivity index (χ0) is 15.1. The minimum atomic E-state index is -0.828. The van der Waals surface area contributed by atoms with Crippen molar-refractivity contribution in [1.82, 2.24) is 0 Å². The van der Waals surface area contributed by atoms with Crippen molar-refractivity contribution in [3.63, 3.8) is 0 Å². The third kappa shape index (κ3) is 4.96. The van der Waals surface area contributed by atoms with Crippen LogP contribution in [0.15, 0.2) is 16.6 Å². The van der Waals surface area contributed by atoms with E-state index in [-0.39, 0.29) is 11.4 Å². The number of nitrogens with zero attached hydrogens (tertiary/aromatic N) is 1. The van der Waals surface area contributed by atoms with E-state index in [0.717, 1.165) is 17.9 Å². The maximum Gasteiger partial charge on any atom is 0.312 e. The molecule has 112 valence electrons. The van der Waals surface area contributed by atoms with E-state index in [1.54, 1.807) is 24.8 Å². The van der Waals surface area contributed by atoms with Gasteiger partial charge in [0, 0.05) is 16.1 Å². The van der Waals surface area contributed by atoms with Crippen molar-refractivity contribution < 1.29 is 14.8 Å². The van der Waals surface area contributed by atoms with Gasteiger partial charge in [0.15, 0.2) is 0 Å². The first-order valence-electron chi connectivity index (χ1n) is 6.33. The van der Waals surface area contributed by atoms with Crippen molar-refractivity contribution in [2.45, 2.75) is 26.4 Å². The molecule has 0 fully saturated rings. The lowest BCUT2D eigenvalue weighted by Gasteiger charge is -2.14. The number of aliphatic hydroxyl groups is 1. The van der Waals surface area contributed by atoms with Crippen LogP contribution in [-0.4, -0.2) is 28.1 Å². The standard InChI is InChI=1S/C13H18BrNO4S/c1-3-20-6-4-5-19-13-11(9(2)16)7-10(14)8-12(13)15(17)18/h7-9,16H,3-6H2,1-2H3. The van der Waals surface area contributed by atoms with E-state index < -0.39 is 11.0 Å². The minimum Gasteiger partial charge on any atom is -0.487 e. The quantitative estimate of drug-likeness (QED) is 0.430. The van der Waals surface area contributed by atoms with Crippen molar-refractivity contribution in [2.24, 2.45) is 0 Å². The highest BCUT2D eigenvalue weighted by Crippen LogP contribution is 2.37. The topological polar surface area (TPSA) is 72.6 Å². The second-order valence-corrected chi connectivity index (χ2v) is 6.48. The lowest BCUT2D eigenvalue weighted by molar-refractivity contribution is -0.386. The highest BCUT2D eigenvalue weighted by molar-refractivity contribution is 9.10. The second-order valence-electron chi connectivity index (χ2n) is 4.18. The summed E-state index contributed by atoms with van der Waals surface area (Å²) in [6.45, 7) is 4.04. The van der Waals surface area contributed by atoms with Crippen LogP contribution in [-0.2, 0) is 0 Å². The van der Waals surface area contributed by atoms with Gasteiger partial charge in [0.05, 0.1) is 17.6 Å². The molecule has 1 aromatic rings. The molecule has 0 heterocycles. The number of halogens is 1. The maximum atomic E-state index is 11.1. The monoisotopic (exact) mass is 363 g/mol. The number of hydrogen-bond acceptors (Lipinski definition) is 5. The molecule has 0 amide bonds. The Morgan fingerprint density at radius 3 is 2.80 bits per heavy atom. The number of benzene rings is 1. The van der Waals surface area contributed by atoms with Crippen molar-refractivity contribution in [3.8, 4) is 5.75 Å². The first-order chi connectivity index (χ1) is 9.47. The predicted octanol–water partition coefficient (Wildman–Crippen LogP) is 3.93. The van der Waals surface area contributed by atoms with Gasteiger partial charge in [-0.3, -0.25) is 10.1 Å². The smallest absolute Gasteiger partial charge is 0.312 e. The molecule has 5 nitrogen and oxygen atoms in total. The zero-order valence-electron chi connectivity index (χ0n) is 11.5. The molecule has 1 unspecified atom stereocenters. The van der Waals surface area contributed by atoms with Gasteiger partial charge >= 0.3 is 5.69 Å². The van der Waals surface area contributed by atoms with E-state index in [9.17, 15) is 15.2 Å². The number of aliphatic hydroxyl groups excluding tert-OH is 1. The summed E-state index contributed by atoms with van der Waals surface area (Å²) >= 11 is 5.01. The molecule has 1 atom stereocenters. The van der Waals surface area contributed by atoms with Crippen molar-refractivity contribution >= 4 is 33.4 Å². The lowest BCUT2D eigenvalue weighted by atomic mass is 10.1. The molecule has 0 aliphatic rings. The largest absolute Gasteiger partial charge is 0.487 e. The molecule has 1 aromatic carbocycles. The Morgan fingerprint density at radius 2 is 2.25 bits per heavy atom. The molecule has 1 rings (SSSR count). The number of hydrogen-bond donors (Lipinski definition) is 1. The van der Waals surface area contributed by atoms with Gasteiger partial charge in [-0.1, -0.05) is 22.9 Å². The second kappa shape index (κ2) is 8.49. The Kier molecular flexibility index (Phi) is 7.32. The summed E-state index contributed by atoms with van der Waals surface area (Å²) in [5.74, 6) is 2.15. The van der Waals surface area contributed by atoms with Gasteiger partial charge in [-0.05, 0) is 30.9 Å². The van der Waals surface area contributed by atoms with Crippen molar-refractivity contribution in [1.29, 1.82) is 0 Å². The molecule has 0 aliphatic carbocycles. The molecule has 0 saturated heterocycles. The van der Waals surface area contributed by atoms with Crippen LogP contribution < -0.4 is 4.74 Å². The fraction of sp³-hybridized carbons (Fsp3) is 0.538. The maximum absolute atomic E-state index is 11.1. The Balaban J connectivity index is 2.92. The lowest BCUT2D eigenvalue weighted by Crippen LogP contribution is -2.06. The van der Waals surface area contributed by atoms with Crippen LogP contribution in [0.3, 0.4) is 0 Å². The minimum absolute atomic E-state index is 0.126. The van der Waals surface area contributed by atoms with Crippen LogP contribution in [0, 0.1) is 10.1 Å². The van der Waals surface area contributed by atoms with Crippen LogP contribution in [0.4, 0.5) is 5.69 Å². The van der Waals surface area contributed by atoms with E-state index in [2.05, 4.69) is 22.9 Å². The Bertz CT molecular complexity index is 468. The highest BCUT2D eigenvalue weighted by atomic mass is 79.9. The summed E-state index contributed by atoms with van der Waals surface area (Å²) < 4.78 is 6.11. The Hall–Kier alpha value is -0.790. The van der Waals surface area contributed by atoms with Crippen LogP contribution >= 0.6 is 27.7 Å². The molecule has 0 aliphatic heterocycles. The van der Waals surface area contributed by atoms with E-state index in [1.165, 1.54) is 6.07 Å². The summed E-state index contributed by atoms with van der Waals surface area (Å²) in [6, 6.07) is 3.04. The van der Waals surface area contributed by atoms with Gasteiger partial charge in [-0.2, -0.15) is 11.8 Å². The van der Waals surface area contributed by atoms with E-state index in [4.69, 9.17) is 4.74 Å². The van der Waals surface area contributed by atoms with Gasteiger partial charge in [0.25, 0.3) is 0 Å². The molecule has 0 spiro atoms. The molecule has 0 saturated carbocycles. The molecule has 7 heteroatoms. The molecular weight excluding hydrogens is 346 g/mol. The Labute approximate surface area is 131 Å². The molecule has 20 heavy (non-hydrogen) atoms. The first-order valence-corrected chi connectivity index (χ1v) is 8.28. The SMILES string of the molecule is CCSCCCOc1c(C(C)O)cc(Br)cc1[N+](=O)[O-]. The number of thioether (sulfide) groups is 1. The number of ether oxygens (including phenoxy) is 1. The molecule has 0 radical (unpaired) electrons. The van der Waals surface area contributed by atoms with E-state index >= 15 is 0 Å². The van der Waals surface area contributed by atoms with Crippen LogP contribution in [0.25, 0.3) is 0 Å². The number of rotatable bonds is 8. The number of nitro groups is 1. The van der Waals surface area contributed by atoms with Gasteiger partial charge in [0.2, 0.25) is 5.75 Å².